The zero-order chi connectivity index (χ0) is 21.7. The number of Topliss-reactive ketones (excluding diaryl/α,β-unsaturated/α-hetero) is 2. The van der Waals surface area contributed by atoms with Crippen LogP contribution in [0, 0.1) is 0 Å². The molecule has 6 nitrogen and oxygen atoms in total. The van der Waals surface area contributed by atoms with Crippen LogP contribution in [-0.4, -0.2) is 34.2 Å². The minimum atomic E-state index is -0.131. The number of aromatic hydroxyl groups is 2. The van der Waals surface area contributed by atoms with E-state index in [0.29, 0.717) is 33.6 Å². The molecule has 0 aromatic heterocycles. The number of nitrogens with zero attached hydrogens (tertiary/aromatic N) is 2. The van der Waals surface area contributed by atoms with E-state index in [1.165, 1.54) is 38.4 Å². The first-order valence-corrected chi connectivity index (χ1v) is 9.20. The number of para-hydroxylation sites is 2. The smallest absolute Gasteiger partial charge is 0.159 e. The molecule has 0 aliphatic heterocycles. The maximum absolute atomic E-state index is 11.4. The maximum Gasteiger partial charge on any atom is 0.159 e. The Balaban J connectivity index is 0.00000341. The van der Waals surface area contributed by atoms with Gasteiger partial charge in [-0.15, -0.1) is 0 Å². The number of carbonyl (C=O) groups excluding carboxylic acids is 2. The van der Waals surface area contributed by atoms with E-state index >= 15 is 0 Å². The Hall–Kier alpha value is -3.37. The molecular formula is C24H20N2O4Pt. The maximum atomic E-state index is 11.4. The van der Waals surface area contributed by atoms with Gasteiger partial charge in [-0.1, -0.05) is 24.3 Å². The average Bonchev–Trinajstić information content (AvgIpc) is 2.72. The Morgan fingerprint density at radius 1 is 0.710 bits per heavy atom. The number of benzene rings is 3. The van der Waals surface area contributed by atoms with Crippen LogP contribution in [0.5, 0.6) is 11.5 Å². The Morgan fingerprint density at radius 3 is 1.42 bits per heavy atom. The van der Waals surface area contributed by atoms with Crippen molar-refractivity contribution in [3.8, 4) is 11.5 Å². The fraction of sp³-hybridized carbons (Fsp3) is 0.0833. The molecule has 0 atom stereocenters. The summed E-state index contributed by atoms with van der Waals surface area (Å²) in [7, 11) is 0. The van der Waals surface area contributed by atoms with Crippen LogP contribution < -0.4 is 0 Å². The number of hydrogen-bond acceptors (Lipinski definition) is 6. The predicted octanol–water partition coefficient (Wildman–Crippen LogP) is 5.00. The second kappa shape index (κ2) is 10.6. The molecule has 0 aliphatic rings. The SMILES string of the molecule is CC(=O)c1ccc(C=Nc2ccccc2N=Cc2ccc(C(C)=O)cc2O)c(O)c1.[Pt]. The van der Waals surface area contributed by atoms with Crippen LogP contribution in [0.4, 0.5) is 11.4 Å². The third kappa shape index (κ3) is 6.06. The summed E-state index contributed by atoms with van der Waals surface area (Å²) in [6, 6.07) is 16.5. The van der Waals surface area contributed by atoms with E-state index in [-0.39, 0.29) is 44.1 Å². The molecule has 0 fully saturated rings. The zero-order valence-corrected chi connectivity index (χ0v) is 19.1. The first-order chi connectivity index (χ1) is 14.3. The number of carbonyl (C=O) groups is 2. The van der Waals surface area contributed by atoms with E-state index in [2.05, 4.69) is 9.98 Å². The zero-order valence-electron chi connectivity index (χ0n) is 16.8. The van der Waals surface area contributed by atoms with Crippen LogP contribution in [0.2, 0.25) is 0 Å². The summed E-state index contributed by atoms with van der Waals surface area (Å²) >= 11 is 0. The van der Waals surface area contributed by atoms with Crippen molar-refractivity contribution in [1.82, 2.24) is 0 Å². The van der Waals surface area contributed by atoms with Gasteiger partial charge in [-0.25, -0.2) is 0 Å². The minimum Gasteiger partial charge on any atom is -0.507 e. The normalized spacial score (nSPS) is 10.9. The summed E-state index contributed by atoms with van der Waals surface area (Å²) < 4.78 is 0. The van der Waals surface area contributed by atoms with E-state index in [1.807, 2.05) is 12.1 Å². The van der Waals surface area contributed by atoms with E-state index in [9.17, 15) is 19.8 Å². The van der Waals surface area contributed by atoms with Crippen LogP contribution >= 0.6 is 0 Å². The molecule has 0 saturated carbocycles. The molecule has 0 radical (unpaired) electrons. The molecule has 0 aliphatic carbocycles. The third-order valence-corrected chi connectivity index (χ3v) is 4.44. The van der Waals surface area contributed by atoms with Crippen molar-refractivity contribution < 1.29 is 40.9 Å². The Morgan fingerprint density at radius 2 is 1.10 bits per heavy atom. The van der Waals surface area contributed by atoms with Gasteiger partial charge in [-0.2, -0.15) is 0 Å². The largest absolute Gasteiger partial charge is 0.507 e. The quantitative estimate of drug-likeness (QED) is 0.310. The summed E-state index contributed by atoms with van der Waals surface area (Å²) in [6.45, 7) is 2.87. The molecule has 0 spiro atoms. The summed E-state index contributed by atoms with van der Waals surface area (Å²) in [4.78, 5) is 31.6. The molecule has 0 saturated heterocycles. The standard InChI is InChI=1S/C24H20N2O4.Pt/c1-15(27)17-7-9-19(23(29)11-17)13-25-21-5-3-4-6-22(21)26-14-20-10-8-18(16(2)28)12-24(20)30;/h3-14,29-30H,1-2H3;. The summed E-state index contributed by atoms with van der Waals surface area (Å²) in [5, 5.41) is 20.2. The van der Waals surface area contributed by atoms with Gasteiger partial charge in [0.15, 0.2) is 11.6 Å². The molecule has 0 unspecified atom stereocenters. The van der Waals surface area contributed by atoms with Gasteiger partial charge in [0.05, 0.1) is 11.4 Å². The van der Waals surface area contributed by atoms with E-state index < -0.39 is 0 Å². The number of phenolic OH excluding ortho intramolecular Hbond substituents is 2. The van der Waals surface area contributed by atoms with Crippen molar-refractivity contribution >= 4 is 35.4 Å². The molecule has 0 bridgehead atoms. The number of phenols is 2. The van der Waals surface area contributed by atoms with Gasteiger partial charge >= 0.3 is 0 Å². The monoisotopic (exact) mass is 595 g/mol. The first kappa shape index (κ1) is 23.9. The average molecular weight is 596 g/mol. The van der Waals surface area contributed by atoms with Gasteiger partial charge in [0.25, 0.3) is 0 Å². The van der Waals surface area contributed by atoms with Gasteiger partial charge in [0.2, 0.25) is 0 Å². The summed E-state index contributed by atoms with van der Waals surface area (Å²) in [5.41, 5.74) is 2.90. The topological polar surface area (TPSA) is 99.3 Å². The van der Waals surface area contributed by atoms with Crippen LogP contribution in [0.1, 0.15) is 45.7 Å². The van der Waals surface area contributed by atoms with Gasteiger partial charge in [-0.05, 0) is 50.2 Å². The van der Waals surface area contributed by atoms with Crippen LogP contribution in [0.3, 0.4) is 0 Å². The van der Waals surface area contributed by atoms with Gasteiger partial charge in [0.1, 0.15) is 11.5 Å². The van der Waals surface area contributed by atoms with Crippen molar-refractivity contribution in [2.75, 3.05) is 0 Å². The molecule has 160 valence electrons. The second-order valence-corrected chi connectivity index (χ2v) is 6.66. The van der Waals surface area contributed by atoms with Crippen LogP contribution in [0.25, 0.3) is 0 Å². The molecule has 2 N–H and O–H groups in total. The molecular weight excluding hydrogens is 575 g/mol. The molecule has 0 amide bonds. The molecule has 3 aromatic carbocycles. The molecule has 31 heavy (non-hydrogen) atoms. The van der Waals surface area contributed by atoms with Gasteiger partial charge < -0.3 is 10.2 Å². The summed E-state index contributed by atoms with van der Waals surface area (Å²) in [5.74, 6) is -0.341. The van der Waals surface area contributed by atoms with Gasteiger partial charge in [-0.3, -0.25) is 19.6 Å². The molecule has 3 aromatic rings. The van der Waals surface area contributed by atoms with Crippen molar-refractivity contribution in [3.05, 3.63) is 82.9 Å². The van der Waals surface area contributed by atoms with Crippen molar-refractivity contribution in [2.24, 2.45) is 9.98 Å². The van der Waals surface area contributed by atoms with Crippen LogP contribution in [-0.2, 0) is 21.1 Å². The van der Waals surface area contributed by atoms with E-state index in [4.69, 9.17) is 0 Å². The fourth-order valence-electron chi connectivity index (χ4n) is 2.70. The molecule has 7 heteroatoms. The fourth-order valence-corrected chi connectivity index (χ4v) is 2.70. The molecule has 3 rings (SSSR count). The minimum absolute atomic E-state index is 0. The number of ketones is 2. The number of aliphatic imine (C=N–C) groups is 2. The first-order valence-electron chi connectivity index (χ1n) is 9.20. The van der Waals surface area contributed by atoms with Crippen molar-refractivity contribution in [2.45, 2.75) is 13.8 Å². The Bertz CT molecular complexity index is 1090. The number of hydrogen-bond donors (Lipinski definition) is 2. The van der Waals surface area contributed by atoms with Crippen molar-refractivity contribution in [3.63, 3.8) is 0 Å². The third-order valence-electron chi connectivity index (χ3n) is 4.44. The van der Waals surface area contributed by atoms with Crippen molar-refractivity contribution in [1.29, 1.82) is 0 Å². The van der Waals surface area contributed by atoms with Gasteiger partial charge in [0, 0.05) is 55.7 Å². The Labute approximate surface area is 194 Å². The van der Waals surface area contributed by atoms with E-state index in [1.54, 1.807) is 36.4 Å². The number of rotatable bonds is 6. The van der Waals surface area contributed by atoms with Crippen LogP contribution in [0.15, 0.2) is 70.6 Å². The Kier molecular flexibility index (Phi) is 8.17. The van der Waals surface area contributed by atoms with E-state index in [0.717, 1.165) is 0 Å². The molecule has 0 heterocycles. The predicted molar refractivity (Wildman–Crippen MR) is 117 cm³/mol. The second-order valence-electron chi connectivity index (χ2n) is 6.66. The summed E-state index contributed by atoms with van der Waals surface area (Å²) in [6.07, 6.45) is 2.99.